The van der Waals surface area contributed by atoms with Gasteiger partial charge in [-0.1, -0.05) is 90.7 Å². The van der Waals surface area contributed by atoms with E-state index in [1.807, 2.05) is 78.9 Å². The van der Waals surface area contributed by atoms with E-state index >= 15 is 0 Å². The van der Waals surface area contributed by atoms with Crippen LogP contribution in [0, 0.1) is 11.8 Å². The van der Waals surface area contributed by atoms with Gasteiger partial charge in [-0.25, -0.2) is 0 Å². The Morgan fingerprint density at radius 2 is 1.17 bits per heavy atom. The predicted octanol–water partition coefficient (Wildman–Crippen LogP) is 4.72. The van der Waals surface area contributed by atoms with Crippen molar-refractivity contribution in [3.63, 3.8) is 0 Å². The molecule has 0 saturated carbocycles. The maximum Gasteiger partial charge on any atom is 0.176 e. The van der Waals surface area contributed by atoms with Crippen molar-refractivity contribution in [3.8, 4) is 11.8 Å². The Bertz CT molecular complexity index is 778. The second kappa shape index (κ2) is 7.88. The molecule has 1 N–H and O–H groups in total. The summed E-state index contributed by atoms with van der Waals surface area (Å²) in [6.07, 6.45) is 0. The Morgan fingerprint density at radius 3 is 1.67 bits per heavy atom. The molecular formula is C22H18OS. The van der Waals surface area contributed by atoms with Crippen molar-refractivity contribution in [2.24, 2.45) is 0 Å². The maximum atomic E-state index is 11.3. The average Bonchev–Trinajstić information content (AvgIpc) is 2.67. The minimum absolute atomic E-state index is 0.631. The molecule has 0 radical (unpaired) electrons. The van der Waals surface area contributed by atoms with Crippen LogP contribution in [-0.2, 0) is 5.60 Å². The van der Waals surface area contributed by atoms with Gasteiger partial charge in [0.25, 0.3) is 0 Å². The zero-order chi connectivity index (χ0) is 16.7. The second-order valence-electron chi connectivity index (χ2n) is 5.35. The van der Waals surface area contributed by atoms with Crippen LogP contribution < -0.4 is 0 Å². The van der Waals surface area contributed by atoms with Crippen LogP contribution in [0.2, 0.25) is 0 Å². The Hall–Kier alpha value is -2.47. The summed E-state index contributed by atoms with van der Waals surface area (Å²) >= 11 is 1.67. The quantitative estimate of drug-likeness (QED) is 0.552. The van der Waals surface area contributed by atoms with E-state index in [9.17, 15) is 5.11 Å². The van der Waals surface area contributed by atoms with E-state index < -0.39 is 5.60 Å². The summed E-state index contributed by atoms with van der Waals surface area (Å²) in [4.78, 5) is 1.18. The lowest BCUT2D eigenvalue weighted by molar-refractivity contribution is 0.145. The topological polar surface area (TPSA) is 20.2 Å². The third-order valence-electron chi connectivity index (χ3n) is 3.71. The molecule has 0 aromatic heterocycles. The fourth-order valence-corrected chi connectivity index (χ4v) is 3.13. The first-order valence-corrected chi connectivity index (χ1v) is 8.79. The van der Waals surface area contributed by atoms with Crippen LogP contribution in [0.25, 0.3) is 0 Å². The third-order valence-corrected chi connectivity index (χ3v) is 4.60. The van der Waals surface area contributed by atoms with E-state index in [1.165, 1.54) is 4.90 Å². The standard InChI is InChI=1S/C22H18OS/c23-22(19-11-4-1-5-12-19,20-13-6-2-7-14-20)17-10-18-24-21-15-8-3-9-16-21/h1-9,11-16,23H,18H2. The van der Waals surface area contributed by atoms with Crippen molar-refractivity contribution >= 4 is 11.8 Å². The molecule has 0 aliphatic carbocycles. The van der Waals surface area contributed by atoms with Crippen molar-refractivity contribution < 1.29 is 5.11 Å². The SMILES string of the molecule is OC(C#CCSc1ccccc1)(c1ccccc1)c1ccccc1. The van der Waals surface area contributed by atoms with Crippen LogP contribution in [0.4, 0.5) is 0 Å². The van der Waals surface area contributed by atoms with Gasteiger partial charge in [0.05, 0.1) is 5.75 Å². The molecular weight excluding hydrogens is 312 g/mol. The van der Waals surface area contributed by atoms with E-state index in [1.54, 1.807) is 11.8 Å². The van der Waals surface area contributed by atoms with Gasteiger partial charge in [-0.15, -0.1) is 11.8 Å². The Morgan fingerprint density at radius 1 is 0.708 bits per heavy atom. The Balaban J connectivity index is 1.86. The first-order valence-electron chi connectivity index (χ1n) is 7.80. The number of hydrogen-bond acceptors (Lipinski definition) is 2. The van der Waals surface area contributed by atoms with E-state index in [4.69, 9.17) is 0 Å². The van der Waals surface area contributed by atoms with Gasteiger partial charge < -0.3 is 5.11 Å². The molecule has 2 heteroatoms. The van der Waals surface area contributed by atoms with Crippen LogP contribution in [-0.4, -0.2) is 10.9 Å². The average molecular weight is 330 g/mol. The summed E-state index contributed by atoms with van der Waals surface area (Å²) in [6, 6.07) is 29.3. The molecule has 3 aromatic carbocycles. The fourth-order valence-electron chi connectivity index (χ4n) is 2.47. The fraction of sp³-hybridized carbons (Fsp3) is 0.0909. The molecule has 0 atom stereocenters. The first kappa shape index (κ1) is 16.4. The highest BCUT2D eigenvalue weighted by Gasteiger charge is 2.28. The number of aliphatic hydroxyl groups is 1. The normalized spacial score (nSPS) is 10.7. The van der Waals surface area contributed by atoms with Gasteiger partial charge >= 0.3 is 0 Å². The largest absolute Gasteiger partial charge is 0.369 e. The molecule has 0 heterocycles. The van der Waals surface area contributed by atoms with Crippen molar-refractivity contribution in [3.05, 3.63) is 102 Å². The maximum absolute atomic E-state index is 11.3. The molecule has 1 nitrogen and oxygen atoms in total. The lowest BCUT2D eigenvalue weighted by Gasteiger charge is -2.23. The van der Waals surface area contributed by atoms with Gasteiger partial charge in [0.1, 0.15) is 0 Å². The summed E-state index contributed by atoms with van der Waals surface area (Å²) in [5, 5.41) is 11.3. The predicted molar refractivity (Wildman–Crippen MR) is 101 cm³/mol. The first-order chi connectivity index (χ1) is 11.8. The minimum atomic E-state index is -1.29. The molecule has 3 aromatic rings. The highest BCUT2D eigenvalue weighted by molar-refractivity contribution is 7.99. The Kier molecular flexibility index (Phi) is 5.38. The van der Waals surface area contributed by atoms with Crippen molar-refractivity contribution in [2.45, 2.75) is 10.5 Å². The highest BCUT2D eigenvalue weighted by atomic mass is 32.2. The van der Waals surface area contributed by atoms with E-state index in [2.05, 4.69) is 24.0 Å². The molecule has 0 fully saturated rings. The zero-order valence-corrected chi connectivity index (χ0v) is 14.0. The van der Waals surface area contributed by atoms with Gasteiger partial charge in [-0.3, -0.25) is 0 Å². The van der Waals surface area contributed by atoms with Gasteiger partial charge in [0.15, 0.2) is 5.60 Å². The van der Waals surface area contributed by atoms with Gasteiger partial charge in [0, 0.05) is 16.0 Å². The van der Waals surface area contributed by atoms with Crippen molar-refractivity contribution in [2.75, 3.05) is 5.75 Å². The molecule has 0 amide bonds. The second-order valence-corrected chi connectivity index (χ2v) is 6.39. The highest BCUT2D eigenvalue weighted by Crippen LogP contribution is 2.29. The Labute approximate surface area is 147 Å². The monoisotopic (exact) mass is 330 g/mol. The van der Waals surface area contributed by atoms with E-state index in [-0.39, 0.29) is 0 Å². The lowest BCUT2D eigenvalue weighted by Crippen LogP contribution is -2.25. The molecule has 24 heavy (non-hydrogen) atoms. The minimum Gasteiger partial charge on any atom is -0.369 e. The van der Waals surface area contributed by atoms with E-state index in [0.29, 0.717) is 5.75 Å². The van der Waals surface area contributed by atoms with E-state index in [0.717, 1.165) is 11.1 Å². The summed E-state index contributed by atoms with van der Waals surface area (Å²) < 4.78 is 0. The molecule has 3 rings (SSSR count). The molecule has 0 aliphatic rings. The third kappa shape index (κ3) is 3.89. The van der Waals surface area contributed by atoms with Gasteiger partial charge in [-0.05, 0) is 12.1 Å². The van der Waals surface area contributed by atoms with Gasteiger partial charge in [-0.2, -0.15) is 0 Å². The molecule has 0 bridgehead atoms. The van der Waals surface area contributed by atoms with Gasteiger partial charge in [0.2, 0.25) is 0 Å². The summed E-state index contributed by atoms with van der Waals surface area (Å²) in [5.41, 5.74) is 0.279. The lowest BCUT2D eigenvalue weighted by atomic mass is 9.87. The van der Waals surface area contributed by atoms with Crippen molar-refractivity contribution in [1.82, 2.24) is 0 Å². The zero-order valence-electron chi connectivity index (χ0n) is 13.2. The summed E-state index contributed by atoms with van der Waals surface area (Å²) in [7, 11) is 0. The van der Waals surface area contributed by atoms with Crippen LogP contribution >= 0.6 is 11.8 Å². The van der Waals surface area contributed by atoms with Crippen LogP contribution in [0.1, 0.15) is 11.1 Å². The molecule has 118 valence electrons. The summed E-state index contributed by atoms with van der Waals surface area (Å²) in [5.74, 6) is 6.85. The summed E-state index contributed by atoms with van der Waals surface area (Å²) in [6.45, 7) is 0. The molecule has 0 saturated heterocycles. The number of thioether (sulfide) groups is 1. The van der Waals surface area contributed by atoms with Crippen LogP contribution in [0.3, 0.4) is 0 Å². The smallest absolute Gasteiger partial charge is 0.176 e. The van der Waals surface area contributed by atoms with Crippen molar-refractivity contribution in [1.29, 1.82) is 0 Å². The number of hydrogen-bond donors (Lipinski definition) is 1. The number of benzene rings is 3. The van der Waals surface area contributed by atoms with Crippen LogP contribution in [0.15, 0.2) is 95.9 Å². The molecule has 0 unspecified atom stereocenters. The van der Waals surface area contributed by atoms with Crippen LogP contribution in [0.5, 0.6) is 0 Å². The molecule has 0 spiro atoms. The number of rotatable bonds is 4. The molecule has 0 aliphatic heterocycles.